The summed E-state index contributed by atoms with van der Waals surface area (Å²) in [5.41, 5.74) is 4.14. The fraction of sp³-hybridized carbons (Fsp3) is 0.167. The molecule has 3 heterocycles. The van der Waals surface area contributed by atoms with Gasteiger partial charge < -0.3 is 4.42 Å². The molecule has 1 aliphatic heterocycles. The molecule has 0 radical (unpaired) electrons. The van der Waals surface area contributed by atoms with Gasteiger partial charge in [0.15, 0.2) is 5.82 Å². The van der Waals surface area contributed by atoms with Crippen molar-refractivity contribution in [2.75, 3.05) is 6.54 Å². The minimum absolute atomic E-state index is 0.516. The Morgan fingerprint density at radius 1 is 0.903 bits per heavy atom. The van der Waals surface area contributed by atoms with Gasteiger partial charge in [0.25, 0.3) is 0 Å². The molecule has 7 heteroatoms. The molecule has 0 spiro atoms. The van der Waals surface area contributed by atoms with Gasteiger partial charge in [0.1, 0.15) is 11.5 Å². The van der Waals surface area contributed by atoms with Crippen molar-refractivity contribution >= 4 is 34.8 Å². The number of nitrogens with zero attached hydrogens (tertiary/aromatic N) is 3. The summed E-state index contributed by atoms with van der Waals surface area (Å²) >= 11 is 18.1. The molecule has 0 saturated heterocycles. The van der Waals surface area contributed by atoms with E-state index in [0.717, 1.165) is 65.8 Å². The number of furan rings is 1. The third kappa shape index (κ3) is 4.48. The van der Waals surface area contributed by atoms with E-state index in [1.54, 1.807) is 6.07 Å². The quantitative estimate of drug-likeness (QED) is 0.324. The Balaban J connectivity index is 1.28. The second-order valence-electron chi connectivity index (χ2n) is 7.53. The summed E-state index contributed by atoms with van der Waals surface area (Å²) in [5.74, 6) is 2.42. The van der Waals surface area contributed by atoms with Crippen LogP contribution in [0.1, 0.15) is 17.0 Å². The normalized spacial score (nSPS) is 13.9. The van der Waals surface area contributed by atoms with E-state index in [4.69, 9.17) is 44.2 Å². The van der Waals surface area contributed by atoms with Crippen molar-refractivity contribution < 1.29 is 4.42 Å². The minimum Gasteiger partial charge on any atom is -0.460 e. The summed E-state index contributed by atoms with van der Waals surface area (Å²) in [4.78, 5) is 11.7. The molecule has 31 heavy (non-hydrogen) atoms. The van der Waals surface area contributed by atoms with Gasteiger partial charge in [-0.1, -0.05) is 34.8 Å². The van der Waals surface area contributed by atoms with Crippen LogP contribution in [0, 0.1) is 0 Å². The second-order valence-corrected chi connectivity index (χ2v) is 8.78. The lowest BCUT2D eigenvalue weighted by molar-refractivity contribution is 0.224. The van der Waals surface area contributed by atoms with Crippen LogP contribution >= 0.6 is 34.8 Å². The molecule has 0 bridgehead atoms. The SMILES string of the molecule is Clc1ccc(-c2ncc3c(n2)CCN(Cc2ccc(-c4ccc(Cl)c(Cl)c4)o2)C3)cc1. The van der Waals surface area contributed by atoms with Crippen molar-refractivity contribution in [1.82, 2.24) is 14.9 Å². The van der Waals surface area contributed by atoms with Crippen molar-refractivity contribution in [1.29, 1.82) is 0 Å². The topological polar surface area (TPSA) is 42.2 Å². The highest BCUT2D eigenvalue weighted by atomic mass is 35.5. The van der Waals surface area contributed by atoms with Crippen LogP contribution in [-0.2, 0) is 19.5 Å². The van der Waals surface area contributed by atoms with E-state index in [1.807, 2.05) is 54.7 Å². The van der Waals surface area contributed by atoms with Crippen LogP contribution in [0.4, 0.5) is 0 Å². The van der Waals surface area contributed by atoms with Crippen molar-refractivity contribution in [3.8, 4) is 22.7 Å². The third-order valence-electron chi connectivity index (χ3n) is 5.36. The fourth-order valence-electron chi connectivity index (χ4n) is 3.74. The molecule has 0 unspecified atom stereocenters. The third-order valence-corrected chi connectivity index (χ3v) is 6.35. The Labute approximate surface area is 195 Å². The Bertz CT molecular complexity index is 1240. The molecule has 0 amide bonds. The van der Waals surface area contributed by atoms with Crippen LogP contribution in [0.5, 0.6) is 0 Å². The Morgan fingerprint density at radius 3 is 2.52 bits per heavy atom. The summed E-state index contributed by atoms with van der Waals surface area (Å²) < 4.78 is 6.06. The van der Waals surface area contributed by atoms with E-state index in [0.29, 0.717) is 15.1 Å². The van der Waals surface area contributed by atoms with E-state index >= 15 is 0 Å². The highest BCUT2D eigenvalue weighted by molar-refractivity contribution is 6.42. The largest absolute Gasteiger partial charge is 0.460 e. The summed E-state index contributed by atoms with van der Waals surface area (Å²) in [6, 6.07) is 17.1. The molecular formula is C24H18Cl3N3O. The molecule has 0 aliphatic carbocycles. The number of fused-ring (bicyclic) bond motifs is 1. The smallest absolute Gasteiger partial charge is 0.159 e. The Hall–Kier alpha value is -2.37. The van der Waals surface area contributed by atoms with Gasteiger partial charge >= 0.3 is 0 Å². The number of benzene rings is 2. The second kappa shape index (κ2) is 8.64. The molecule has 2 aromatic carbocycles. The number of hydrogen-bond acceptors (Lipinski definition) is 4. The van der Waals surface area contributed by atoms with Crippen LogP contribution < -0.4 is 0 Å². The van der Waals surface area contributed by atoms with Gasteiger partial charge in [-0.05, 0) is 54.6 Å². The van der Waals surface area contributed by atoms with Crippen LogP contribution in [-0.4, -0.2) is 21.4 Å². The predicted molar refractivity (Wildman–Crippen MR) is 124 cm³/mol. The maximum Gasteiger partial charge on any atom is 0.159 e. The average molecular weight is 471 g/mol. The van der Waals surface area contributed by atoms with Crippen LogP contribution in [0.25, 0.3) is 22.7 Å². The zero-order valence-corrected chi connectivity index (χ0v) is 18.8. The summed E-state index contributed by atoms with van der Waals surface area (Å²) in [6.07, 6.45) is 2.81. The molecule has 1 aliphatic rings. The first-order chi connectivity index (χ1) is 15.0. The lowest BCUT2D eigenvalue weighted by Crippen LogP contribution is -2.30. The molecule has 0 atom stereocenters. The predicted octanol–water partition coefficient (Wildman–Crippen LogP) is 6.92. The van der Waals surface area contributed by atoms with Crippen molar-refractivity contribution in [2.45, 2.75) is 19.5 Å². The van der Waals surface area contributed by atoms with E-state index in [9.17, 15) is 0 Å². The lowest BCUT2D eigenvalue weighted by atomic mass is 10.1. The maximum absolute atomic E-state index is 6.13. The van der Waals surface area contributed by atoms with Gasteiger partial charge in [-0.2, -0.15) is 0 Å². The van der Waals surface area contributed by atoms with E-state index in [2.05, 4.69) is 9.88 Å². The number of rotatable bonds is 4. The standard InChI is InChI=1S/C24H18Cl3N3O/c25-18-4-1-15(2-5-18)24-28-12-17-13-30(10-9-22(17)29-24)14-19-6-8-23(31-19)16-3-7-20(26)21(27)11-16/h1-8,11-12H,9-10,13-14H2. The summed E-state index contributed by atoms with van der Waals surface area (Å²) in [6.45, 7) is 2.42. The maximum atomic E-state index is 6.13. The average Bonchev–Trinajstić information content (AvgIpc) is 3.24. The van der Waals surface area contributed by atoms with E-state index < -0.39 is 0 Å². The number of hydrogen-bond donors (Lipinski definition) is 0. The molecule has 0 fully saturated rings. The highest BCUT2D eigenvalue weighted by Crippen LogP contribution is 2.30. The Morgan fingerprint density at radius 2 is 1.71 bits per heavy atom. The molecule has 156 valence electrons. The number of halogens is 3. The summed E-state index contributed by atoms with van der Waals surface area (Å²) in [7, 11) is 0. The van der Waals surface area contributed by atoms with E-state index in [1.165, 1.54) is 0 Å². The van der Waals surface area contributed by atoms with Gasteiger partial charge in [0, 0.05) is 47.4 Å². The van der Waals surface area contributed by atoms with Gasteiger partial charge in [-0.25, -0.2) is 9.97 Å². The molecule has 0 N–H and O–H groups in total. The van der Waals surface area contributed by atoms with Crippen LogP contribution in [0.2, 0.25) is 15.1 Å². The van der Waals surface area contributed by atoms with Crippen LogP contribution in [0.15, 0.2) is 65.2 Å². The molecular weight excluding hydrogens is 453 g/mol. The van der Waals surface area contributed by atoms with Gasteiger partial charge in [-0.15, -0.1) is 0 Å². The highest BCUT2D eigenvalue weighted by Gasteiger charge is 2.20. The van der Waals surface area contributed by atoms with Gasteiger partial charge in [-0.3, -0.25) is 4.90 Å². The fourth-order valence-corrected chi connectivity index (χ4v) is 4.16. The van der Waals surface area contributed by atoms with Gasteiger partial charge in [0.05, 0.1) is 22.3 Å². The molecule has 0 saturated carbocycles. The summed E-state index contributed by atoms with van der Waals surface area (Å²) in [5, 5.41) is 1.76. The first-order valence-electron chi connectivity index (χ1n) is 9.92. The van der Waals surface area contributed by atoms with Crippen molar-refractivity contribution in [3.63, 3.8) is 0 Å². The van der Waals surface area contributed by atoms with Crippen molar-refractivity contribution in [2.24, 2.45) is 0 Å². The lowest BCUT2D eigenvalue weighted by Gasteiger charge is -2.27. The number of aromatic nitrogens is 2. The first kappa shape index (κ1) is 20.5. The van der Waals surface area contributed by atoms with Crippen LogP contribution in [0.3, 0.4) is 0 Å². The zero-order valence-electron chi connectivity index (χ0n) is 16.5. The monoisotopic (exact) mass is 469 g/mol. The first-order valence-corrected chi connectivity index (χ1v) is 11.1. The Kier molecular flexibility index (Phi) is 5.72. The van der Waals surface area contributed by atoms with Gasteiger partial charge in [0.2, 0.25) is 0 Å². The molecule has 2 aromatic heterocycles. The molecule has 5 rings (SSSR count). The minimum atomic E-state index is 0.516. The molecule has 4 nitrogen and oxygen atoms in total. The zero-order chi connectivity index (χ0) is 21.4. The van der Waals surface area contributed by atoms with E-state index in [-0.39, 0.29) is 0 Å². The molecule has 4 aromatic rings. The van der Waals surface area contributed by atoms with Crippen molar-refractivity contribution in [3.05, 3.63) is 92.9 Å².